The summed E-state index contributed by atoms with van der Waals surface area (Å²) >= 11 is 0. The Hall–Kier alpha value is -0.610. The Labute approximate surface area is 90.2 Å². The van der Waals surface area contributed by atoms with Crippen molar-refractivity contribution >= 4 is 5.97 Å². The van der Waals surface area contributed by atoms with Crippen molar-refractivity contribution in [1.29, 1.82) is 0 Å². The van der Waals surface area contributed by atoms with Crippen molar-refractivity contribution in [2.75, 3.05) is 32.8 Å². The third-order valence-electron chi connectivity index (χ3n) is 3.29. The molecule has 4 heteroatoms. The molecule has 0 aromatic rings. The Kier molecular flexibility index (Phi) is 3.59. The Balaban J connectivity index is 1.73. The minimum Gasteiger partial charge on any atom is -0.481 e. The van der Waals surface area contributed by atoms with E-state index in [1.54, 1.807) is 0 Å². The normalized spacial score (nSPS) is 28.7. The highest BCUT2D eigenvalue weighted by atomic mass is 16.5. The maximum atomic E-state index is 10.6. The zero-order chi connectivity index (χ0) is 10.7. The summed E-state index contributed by atoms with van der Waals surface area (Å²) in [5.74, 6) is 0.389. The van der Waals surface area contributed by atoms with Crippen LogP contribution in [0.5, 0.6) is 0 Å². The lowest BCUT2D eigenvalue weighted by Gasteiger charge is -2.37. The first-order valence-electron chi connectivity index (χ1n) is 5.76. The van der Waals surface area contributed by atoms with Crippen molar-refractivity contribution in [2.45, 2.75) is 19.3 Å². The van der Waals surface area contributed by atoms with E-state index in [9.17, 15) is 4.79 Å². The van der Waals surface area contributed by atoms with Gasteiger partial charge in [0, 0.05) is 25.4 Å². The molecule has 2 aliphatic heterocycles. The van der Waals surface area contributed by atoms with E-state index in [1.807, 2.05) is 0 Å². The predicted octanol–water partition coefficient (Wildman–Crippen LogP) is 0.820. The second kappa shape index (κ2) is 4.94. The fourth-order valence-electron chi connectivity index (χ4n) is 2.49. The first-order chi connectivity index (χ1) is 7.24. The van der Waals surface area contributed by atoms with Crippen molar-refractivity contribution in [3.8, 4) is 0 Å². The quantitative estimate of drug-likeness (QED) is 0.751. The van der Waals surface area contributed by atoms with Gasteiger partial charge in [0.15, 0.2) is 0 Å². The molecule has 2 aliphatic rings. The average Bonchev–Trinajstić information content (AvgIpc) is 2.11. The minimum absolute atomic E-state index is 0.331. The third kappa shape index (κ3) is 3.18. The first kappa shape index (κ1) is 10.9. The molecule has 0 aromatic heterocycles. The summed E-state index contributed by atoms with van der Waals surface area (Å²) in [7, 11) is 0. The van der Waals surface area contributed by atoms with E-state index in [0.29, 0.717) is 18.3 Å². The number of aliphatic carboxylic acids is 1. The monoisotopic (exact) mass is 213 g/mol. The molecule has 0 saturated carbocycles. The fourth-order valence-corrected chi connectivity index (χ4v) is 2.49. The molecule has 0 bridgehead atoms. The van der Waals surface area contributed by atoms with Crippen LogP contribution in [0.4, 0.5) is 0 Å². The van der Waals surface area contributed by atoms with Crippen LogP contribution in [0.25, 0.3) is 0 Å². The van der Waals surface area contributed by atoms with Gasteiger partial charge in [-0.25, -0.2) is 0 Å². The largest absolute Gasteiger partial charge is 0.481 e. The smallest absolute Gasteiger partial charge is 0.303 e. The third-order valence-corrected chi connectivity index (χ3v) is 3.29. The standard InChI is InChI=1S/C11H19NO3/c13-11(14)4-9-2-1-3-12(5-9)6-10-7-15-8-10/h9-10H,1-8H2,(H,13,14). The summed E-state index contributed by atoms with van der Waals surface area (Å²) in [6, 6.07) is 0. The number of rotatable bonds is 4. The summed E-state index contributed by atoms with van der Waals surface area (Å²) in [5, 5.41) is 8.75. The van der Waals surface area contributed by atoms with Crippen LogP contribution in [0.2, 0.25) is 0 Å². The number of piperidine rings is 1. The van der Waals surface area contributed by atoms with Crippen LogP contribution in [-0.2, 0) is 9.53 Å². The van der Waals surface area contributed by atoms with Crippen LogP contribution in [0.15, 0.2) is 0 Å². The number of carbonyl (C=O) groups is 1. The van der Waals surface area contributed by atoms with Gasteiger partial charge in [0.1, 0.15) is 0 Å². The van der Waals surface area contributed by atoms with E-state index in [-0.39, 0.29) is 0 Å². The van der Waals surface area contributed by atoms with Crippen molar-refractivity contribution < 1.29 is 14.6 Å². The molecule has 0 aromatic carbocycles. The maximum absolute atomic E-state index is 10.6. The molecule has 0 spiro atoms. The Morgan fingerprint density at radius 3 is 2.80 bits per heavy atom. The van der Waals surface area contributed by atoms with Gasteiger partial charge in [-0.1, -0.05) is 0 Å². The molecule has 1 N–H and O–H groups in total. The summed E-state index contributed by atoms with van der Waals surface area (Å²) in [6.07, 6.45) is 2.55. The second-order valence-electron chi connectivity index (χ2n) is 4.77. The summed E-state index contributed by atoms with van der Waals surface area (Å²) in [4.78, 5) is 13.0. The molecule has 2 heterocycles. The first-order valence-corrected chi connectivity index (χ1v) is 5.76. The Morgan fingerprint density at radius 2 is 2.20 bits per heavy atom. The Bertz CT molecular complexity index is 228. The molecule has 4 nitrogen and oxygen atoms in total. The fraction of sp³-hybridized carbons (Fsp3) is 0.909. The molecular weight excluding hydrogens is 194 g/mol. The van der Waals surface area contributed by atoms with Crippen LogP contribution in [-0.4, -0.2) is 48.8 Å². The van der Waals surface area contributed by atoms with Gasteiger partial charge in [-0.3, -0.25) is 4.79 Å². The lowest BCUT2D eigenvalue weighted by Crippen LogP contribution is -2.44. The van der Waals surface area contributed by atoms with Gasteiger partial charge in [0.05, 0.1) is 13.2 Å². The van der Waals surface area contributed by atoms with Crippen LogP contribution in [0, 0.1) is 11.8 Å². The van der Waals surface area contributed by atoms with E-state index < -0.39 is 5.97 Å². The highest BCUT2D eigenvalue weighted by Crippen LogP contribution is 2.21. The zero-order valence-electron chi connectivity index (χ0n) is 9.02. The van der Waals surface area contributed by atoms with E-state index >= 15 is 0 Å². The molecule has 1 atom stereocenters. The Morgan fingerprint density at radius 1 is 1.40 bits per heavy atom. The number of likely N-dealkylation sites (tertiary alicyclic amines) is 1. The van der Waals surface area contributed by atoms with Crippen LogP contribution in [0.3, 0.4) is 0 Å². The number of ether oxygens (including phenoxy) is 1. The second-order valence-corrected chi connectivity index (χ2v) is 4.77. The average molecular weight is 213 g/mol. The number of carboxylic acids is 1. The van der Waals surface area contributed by atoms with E-state index in [1.165, 1.54) is 0 Å². The molecule has 0 aliphatic carbocycles. The van der Waals surface area contributed by atoms with Gasteiger partial charge in [0.25, 0.3) is 0 Å². The summed E-state index contributed by atoms with van der Waals surface area (Å²) in [6.45, 7) is 4.96. The molecule has 2 rings (SSSR count). The van der Waals surface area contributed by atoms with E-state index in [2.05, 4.69) is 4.90 Å². The number of nitrogens with zero attached hydrogens (tertiary/aromatic N) is 1. The number of hydrogen-bond donors (Lipinski definition) is 1. The molecule has 86 valence electrons. The number of hydrogen-bond acceptors (Lipinski definition) is 3. The van der Waals surface area contributed by atoms with E-state index in [4.69, 9.17) is 9.84 Å². The lowest BCUT2D eigenvalue weighted by molar-refractivity contribution is -0.138. The molecule has 0 amide bonds. The summed E-state index contributed by atoms with van der Waals surface area (Å²) in [5.41, 5.74) is 0. The van der Waals surface area contributed by atoms with Gasteiger partial charge in [0.2, 0.25) is 0 Å². The molecule has 2 fully saturated rings. The maximum Gasteiger partial charge on any atom is 0.303 e. The zero-order valence-corrected chi connectivity index (χ0v) is 9.02. The van der Waals surface area contributed by atoms with E-state index in [0.717, 1.165) is 45.7 Å². The lowest BCUT2D eigenvalue weighted by atomic mass is 9.94. The minimum atomic E-state index is -0.658. The highest BCUT2D eigenvalue weighted by Gasteiger charge is 2.26. The molecular formula is C11H19NO3. The molecule has 2 saturated heterocycles. The van der Waals surface area contributed by atoms with Crippen molar-refractivity contribution in [2.24, 2.45) is 11.8 Å². The van der Waals surface area contributed by atoms with Crippen molar-refractivity contribution in [3.63, 3.8) is 0 Å². The van der Waals surface area contributed by atoms with Gasteiger partial charge in [-0.15, -0.1) is 0 Å². The summed E-state index contributed by atoms with van der Waals surface area (Å²) < 4.78 is 5.15. The van der Waals surface area contributed by atoms with Crippen molar-refractivity contribution in [3.05, 3.63) is 0 Å². The number of carboxylic acid groups (broad SMARTS) is 1. The molecule has 1 unspecified atom stereocenters. The molecule has 15 heavy (non-hydrogen) atoms. The van der Waals surface area contributed by atoms with Crippen molar-refractivity contribution in [1.82, 2.24) is 4.90 Å². The SMILES string of the molecule is O=C(O)CC1CCCN(CC2COC2)C1. The molecule has 0 radical (unpaired) electrons. The van der Waals surface area contributed by atoms with Crippen LogP contribution >= 0.6 is 0 Å². The highest BCUT2D eigenvalue weighted by molar-refractivity contribution is 5.67. The van der Waals surface area contributed by atoms with Gasteiger partial charge >= 0.3 is 5.97 Å². The van der Waals surface area contributed by atoms with Gasteiger partial charge in [-0.05, 0) is 25.3 Å². The topological polar surface area (TPSA) is 49.8 Å². The predicted molar refractivity (Wildman–Crippen MR) is 55.7 cm³/mol. The van der Waals surface area contributed by atoms with Gasteiger partial charge in [-0.2, -0.15) is 0 Å². The van der Waals surface area contributed by atoms with Gasteiger partial charge < -0.3 is 14.7 Å². The van der Waals surface area contributed by atoms with Crippen LogP contribution < -0.4 is 0 Å². The van der Waals surface area contributed by atoms with Crippen LogP contribution in [0.1, 0.15) is 19.3 Å².